The Labute approximate surface area is 115 Å². The van der Waals surface area contributed by atoms with E-state index in [1.165, 1.54) is 30.4 Å². The second kappa shape index (κ2) is 5.11. The molecular formula is C15H14BrNO. The molecule has 1 aliphatic carbocycles. The molecule has 0 N–H and O–H groups in total. The third kappa shape index (κ3) is 2.27. The summed E-state index contributed by atoms with van der Waals surface area (Å²) in [5.74, 6) is 1.57. The summed E-state index contributed by atoms with van der Waals surface area (Å²) in [6.07, 6.45) is 5.38. The molecule has 0 radical (unpaired) electrons. The quantitative estimate of drug-likeness (QED) is 0.791. The SMILES string of the molecule is BrCc1cccnc1Oc1ccc2c(c1)CCC2. The Morgan fingerprint density at radius 3 is 2.94 bits per heavy atom. The number of pyridine rings is 1. The molecule has 0 spiro atoms. The van der Waals surface area contributed by atoms with E-state index in [0.29, 0.717) is 5.88 Å². The maximum Gasteiger partial charge on any atom is 0.223 e. The summed E-state index contributed by atoms with van der Waals surface area (Å²) in [6, 6.07) is 10.3. The van der Waals surface area contributed by atoms with Crippen LogP contribution in [0.2, 0.25) is 0 Å². The number of aryl methyl sites for hydroxylation is 2. The van der Waals surface area contributed by atoms with Gasteiger partial charge in [0.05, 0.1) is 0 Å². The van der Waals surface area contributed by atoms with Gasteiger partial charge < -0.3 is 4.74 Å². The van der Waals surface area contributed by atoms with Crippen molar-refractivity contribution in [2.24, 2.45) is 0 Å². The summed E-state index contributed by atoms with van der Waals surface area (Å²) >= 11 is 3.45. The first-order valence-corrected chi connectivity index (χ1v) is 7.28. The van der Waals surface area contributed by atoms with E-state index in [0.717, 1.165) is 16.6 Å². The van der Waals surface area contributed by atoms with E-state index in [1.807, 2.05) is 18.2 Å². The molecule has 1 aliphatic rings. The minimum Gasteiger partial charge on any atom is -0.439 e. The fraction of sp³-hybridized carbons (Fsp3) is 0.267. The summed E-state index contributed by atoms with van der Waals surface area (Å²) in [6.45, 7) is 0. The van der Waals surface area contributed by atoms with Crippen LogP contribution in [0, 0.1) is 0 Å². The summed E-state index contributed by atoms with van der Waals surface area (Å²) in [7, 11) is 0. The first kappa shape index (κ1) is 11.7. The lowest BCUT2D eigenvalue weighted by Crippen LogP contribution is -1.93. The highest BCUT2D eigenvalue weighted by Crippen LogP contribution is 2.29. The second-order valence-electron chi connectivity index (χ2n) is 4.49. The van der Waals surface area contributed by atoms with Crippen LogP contribution in [0.5, 0.6) is 11.6 Å². The van der Waals surface area contributed by atoms with E-state index in [1.54, 1.807) is 6.20 Å². The fourth-order valence-corrected chi connectivity index (χ4v) is 2.77. The number of nitrogens with zero attached hydrogens (tertiary/aromatic N) is 1. The van der Waals surface area contributed by atoms with Crippen LogP contribution in [0.3, 0.4) is 0 Å². The van der Waals surface area contributed by atoms with Crippen molar-refractivity contribution in [3.8, 4) is 11.6 Å². The standard InChI is InChI=1S/C15H14BrNO/c16-10-13-5-2-8-17-15(13)18-14-7-6-11-3-1-4-12(11)9-14/h2,5-9H,1,3-4,10H2. The van der Waals surface area contributed by atoms with Gasteiger partial charge in [-0.2, -0.15) is 0 Å². The average Bonchev–Trinajstić information content (AvgIpc) is 2.87. The molecule has 0 saturated heterocycles. The number of benzene rings is 1. The molecule has 18 heavy (non-hydrogen) atoms. The van der Waals surface area contributed by atoms with E-state index in [-0.39, 0.29) is 0 Å². The molecule has 0 saturated carbocycles. The van der Waals surface area contributed by atoms with E-state index >= 15 is 0 Å². The molecule has 0 unspecified atom stereocenters. The number of hydrogen-bond acceptors (Lipinski definition) is 2. The third-order valence-electron chi connectivity index (χ3n) is 3.28. The summed E-state index contributed by atoms with van der Waals surface area (Å²) in [5.41, 5.74) is 3.95. The van der Waals surface area contributed by atoms with Crippen molar-refractivity contribution < 1.29 is 4.74 Å². The topological polar surface area (TPSA) is 22.1 Å². The maximum atomic E-state index is 5.88. The lowest BCUT2D eigenvalue weighted by molar-refractivity contribution is 0.458. The smallest absolute Gasteiger partial charge is 0.223 e. The van der Waals surface area contributed by atoms with Crippen molar-refractivity contribution in [2.45, 2.75) is 24.6 Å². The number of fused-ring (bicyclic) bond motifs is 1. The first-order valence-electron chi connectivity index (χ1n) is 6.16. The van der Waals surface area contributed by atoms with E-state index in [9.17, 15) is 0 Å². The Bertz CT molecular complexity index is 568. The van der Waals surface area contributed by atoms with Crippen LogP contribution >= 0.6 is 15.9 Å². The van der Waals surface area contributed by atoms with Gasteiger partial charge in [0, 0.05) is 17.1 Å². The van der Waals surface area contributed by atoms with Crippen LogP contribution in [0.1, 0.15) is 23.1 Å². The molecule has 1 heterocycles. The molecule has 3 rings (SSSR count). The van der Waals surface area contributed by atoms with Crippen LogP contribution in [-0.2, 0) is 18.2 Å². The molecule has 0 atom stereocenters. The summed E-state index contributed by atoms with van der Waals surface area (Å²) in [5, 5.41) is 0.751. The summed E-state index contributed by atoms with van der Waals surface area (Å²) < 4.78 is 5.88. The number of ether oxygens (including phenoxy) is 1. The maximum absolute atomic E-state index is 5.88. The zero-order valence-electron chi connectivity index (χ0n) is 10.0. The van der Waals surface area contributed by atoms with Crippen LogP contribution in [0.25, 0.3) is 0 Å². The van der Waals surface area contributed by atoms with Crippen LogP contribution in [0.4, 0.5) is 0 Å². The molecule has 0 bridgehead atoms. The highest BCUT2D eigenvalue weighted by Gasteiger charge is 2.12. The molecule has 1 aromatic carbocycles. The zero-order chi connectivity index (χ0) is 12.4. The second-order valence-corrected chi connectivity index (χ2v) is 5.05. The van der Waals surface area contributed by atoms with Crippen molar-refractivity contribution in [2.75, 3.05) is 0 Å². The zero-order valence-corrected chi connectivity index (χ0v) is 11.6. The monoisotopic (exact) mass is 303 g/mol. The Kier molecular flexibility index (Phi) is 3.33. The molecule has 0 amide bonds. The van der Waals surface area contributed by atoms with E-state index in [2.05, 4.69) is 33.0 Å². The van der Waals surface area contributed by atoms with Gasteiger partial charge in [-0.3, -0.25) is 0 Å². The van der Waals surface area contributed by atoms with Gasteiger partial charge in [0.15, 0.2) is 0 Å². The lowest BCUT2D eigenvalue weighted by atomic mass is 10.1. The van der Waals surface area contributed by atoms with Gasteiger partial charge in [0.1, 0.15) is 5.75 Å². The van der Waals surface area contributed by atoms with Gasteiger partial charge in [-0.1, -0.05) is 28.1 Å². The first-order chi connectivity index (χ1) is 8.86. The largest absolute Gasteiger partial charge is 0.439 e. The minimum atomic E-state index is 0.687. The Hall–Kier alpha value is -1.35. The molecule has 2 aromatic rings. The number of hydrogen-bond donors (Lipinski definition) is 0. The van der Waals surface area contributed by atoms with Crippen molar-refractivity contribution in [1.82, 2.24) is 4.98 Å². The Morgan fingerprint density at radius 1 is 1.17 bits per heavy atom. The van der Waals surface area contributed by atoms with Gasteiger partial charge in [-0.15, -0.1) is 0 Å². The minimum absolute atomic E-state index is 0.687. The normalized spacial score (nSPS) is 13.4. The van der Waals surface area contributed by atoms with Crippen molar-refractivity contribution >= 4 is 15.9 Å². The predicted molar refractivity (Wildman–Crippen MR) is 75.4 cm³/mol. The molecule has 1 aromatic heterocycles. The predicted octanol–water partition coefficient (Wildman–Crippen LogP) is 4.26. The molecule has 0 aliphatic heterocycles. The van der Waals surface area contributed by atoms with E-state index in [4.69, 9.17) is 4.74 Å². The van der Waals surface area contributed by atoms with Gasteiger partial charge in [0.2, 0.25) is 5.88 Å². The van der Waals surface area contributed by atoms with Crippen molar-refractivity contribution in [3.63, 3.8) is 0 Å². The van der Waals surface area contributed by atoms with Gasteiger partial charge in [-0.25, -0.2) is 4.98 Å². The highest BCUT2D eigenvalue weighted by molar-refractivity contribution is 9.08. The average molecular weight is 304 g/mol. The van der Waals surface area contributed by atoms with Gasteiger partial charge >= 0.3 is 0 Å². The fourth-order valence-electron chi connectivity index (χ4n) is 2.34. The van der Waals surface area contributed by atoms with Crippen LogP contribution < -0.4 is 4.74 Å². The molecule has 92 valence electrons. The van der Waals surface area contributed by atoms with Crippen molar-refractivity contribution in [3.05, 3.63) is 53.2 Å². The Morgan fingerprint density at radius 2 is 2.06 bits per heavy atom. The summed E-state index contributed by atoms with van der Waals surface area (Å²) in [4.78, 5) is 4.29. The van der Waals surface area contributed by atoms with Crippen LogP contribution in [-0.4, -0.2) is 4.98 Å². The Balaban J connectivity index is 1.88. The lowest BCUT2D eigenvalue weighted by Gasteiger charge is -2.09. The highest BCUT2D eigenvalue weighted by atomic mass is 79.9. The number of aromatic nitrogens is 1. The van der Waals surface area contributed by atoms with Gasteiger partial charge in [-0.05, 0) is 48.6 Å². The van der Waals surface area contributed by atoms with Crippen LogP contribution in [0.15, 0.2) is 36.5 Å². The molecule has 3 heteroatoms. The van der Waals surface area contributed by atoms with E-state index < -0.39 is 0 Å². The number of halogens is 1. The number of rotatable bonds is 3. The number of alkyl halides is 1. The molecular weight excluding hydrogens is 290 g/mol. The molecule has 2 nitrogen and oxygen atoms in total. The van der Waals surface area contributed by atoms with Crippen molar-refractivity contribution in [1.29, 1.82) is 0 Å². The molecule has 0 fully saturated rings. The van der Waals surface area contributed by atoms with Gasteiger partial charge in [0.25, 0.3) is 0 Å². The third-order valence-corrected chi connectivity index (χ3v) is 3.88.